The van der Waals surface area contributed by atoms with E-state index in [9.17, 15) is 9.90 Å². The van der Waals surface area contributed by atoms with Crippen LogP contribution in [0.1, 0.15) is 36.5 Å². The summed E-state index contributed by atoms with van der Waals surface area (Å²) in [5.74, 6) is 0.961. The minimum Gasteiger partial charge on any atom is -0.508 e. The van der Waals surface area contributed by atoms with E-state index in [1.807, 2.05) is 32.0 Å². The summed E-state index contributed by atoms with van der Waals surface area (Å²) in [6.07, 6.45) is 0.621. The fourth-order valence-electron chi connectivity index (χ4n) is 2.49. The maximum atomic E-state index is 11.6. The van der Waals surface area contributed by atoms with E-state index in [0.29, 0.717) is 22.9 Å². The molecule has 140 valence electrons. The Morgan fingerprint density at radius 2 is 1.96 bits per heavy atom. The number of aromatic hydroxyl groups is 1. The molecule has 0 aromatic heterocycles. The minimum atomic E-state index is -0.119. The number of rotatable bonds is 6. The molecular weight excluding hydrogens is 418 g/mol. The zero-order chi connectivity index (χ0) is 19.4. The highest BCUT2D eigenvalue weighted by Crippen LogP contribution is 2.34. The van der Waals surface area contributed by atoms with Gasteiger partial charge < -0.3 is 14.7 Å². The largest absolute Gasteiger partial charge is 0.508 e. The maximum absolute atomic E-state index is 11.6. The van der Waals surface area contributed by atoms with Gasteiger partial charge in [-0.1, -0.05) is 53.5 Å². The number of hydrogen-bond donors (Lipinski definition) is 1. The molecule has 0 radical (unpaired) electrons. The fourth-order valence-corrected chi connectivity index (χ4v) is 3.46. The molecule has 0 heterocycles. The Balaban J connectivity index is 2.21. The molecule has 1 amide bonds. The quantitative estimate of drug-likeness (QED) is 0.688. The van der Waals surface area contributed by atoms with Crippen molar-refractivity contribution in [1.82, 2.24) is 4.90 Å². The van der Waals surface area contributed by atoms with Crippen LogP contribution in [0.3, 0.4) is 0 Å². The molecule has 26 heavy (non-hydrogen) atoms. The molecule has 6 heteroatoms. The van der Waals surface area contributed by atoms with Crippen LogP contribution in [0.2, 0.25) is 5.02 Å². The summed E-state index contributed by atoms with van der Waals surface area (Å²) in [6, 6.07) is 9.15. The lowest BCUT2D eigenvalue weighted by Crippen LogP contribution is -2.27. The second-order valence-corrected chi connectivity index (χ2v) is 7.93. The molecule has 0 saturated carbocycles. The molecule has 2 aromatic carbocycles. The van der Waals surface area contributed by atoms with Gasteiger partial charge in [0.2, 0.25) is 0 Å². The van der Waals surface area contributed by atoms with Crippen LogP contribution in [0, 0.1) is 0 Å². The molecular formula is C20H23BrClNO3. The second kappa shape index (κ2) is 8.78. The molecule has 0 spiro atoms. The van der Waals surface area contributed by atoms with Crippen LogP contribution in [0.25, 0.3) is 0 Å². The van der Waals surface area contributed by atoms with Gasteiger partial charge >= 0.3 is 0 Å². The first-order valence-electron chi connectivity index (χ1n) is 8.31. The highest BCUT2D eigenvalue weighted by atomic mass is 79.9. The molecule has 0 atom stereocenters. The third-order valence-electron chi connectivity index (χ3n) is 4.07. The van der Waals surface area contributed by atoms with Crippen molar-refractivity contribution >= 4 is 33.4 Å². The summed E-state index contributed by atoms with van der Waals surface area (Å²) in [5, 5.41) is 10.5. The van der Waals surface area contributed by atoms with E-state index in [0.717, 1.165) is 21.2 Å². The Hall–Kier alpha value is -1.72. The molecule has 2 rings (SSSR count). The minimum absolute atomic E-state index is 0.0369. The third kappa shape index (κ3) is 5.15. The number of phenolic OH excluding ortho intramolecular Hbond substituents is 1. The average Bonchev–Trinajstić information content (AvgIpc) is 2.56. The number of hydrogen-bond acceptors (Lipinski definition) is 3. The molecule has 0 unspecified atom stereocenters. The smallest absolute Gasteiger partial charge is 0.259 e. The number of likely N-dealkylation sites (N-methyl/N-ethyl adjacent to an activating group) is 1. The van der Waals surface area contributed by atoms with E-state index in [1.165, 1.54) is 4.90 Å². The Bertz CT molecular complexity index is 783. The number of phenols is 1. The number of carbonyl (C=O) groups is 1. The molecule has 0 aliphatic rings. The average molecular weight is 441 g/mol. The summed E-state index contributed by atoms with van der Waals surface area (Å²) < 4.78 is 6.34. The number of carbonyl (C=O) groups excluding carboxylic acids is 1. The van der Waals surface area contributed by atoms with E-state index >= 15 is 0 Å². The zero-order valence-electron chi connectivity index (χ0n) is 15.3. The third-order valence-corrected chi connectivity index (χ3v) is 5.12. The van der Waals surface area contributed by atoms with Gasteiger partial charge in [-0.25, -0.2) is 0 Å². The predicted octanol–water partition coefficient (Wildman–Crippen LogP) is 4.99. The number of amides is 1. The Morgan fingerprint density at radius 1 is 1.27 bits per heavy atom. The molecule has 0 fully saturated rings. The topological polar surface area (TPSA) is 49.8 Å². The standard InChI is InChI=1S/C20H23BrClNO3/c1-12(2)15-7-13(5-6-19(15)24)8-16-17(21)9-14(10-18(16)22)26-11-20(25)23(3)4/h5-7,9-10,12,24H,8,11H2,1-4H3. The Labute approximate surface area is 167 Å². The summed E-state index contributed by atoms with van der Waals surface area (Å²) >= 11 is 9.99. The van der Waals surface area contributed by atoms with Crippen LogP contribution in [-0.4, -0.2) is 36.6 Å². The molecule has 4 nitrogen and oxygen atoms in total. The van der Waals surface area contributed by atoms with Crippen molar-refractivity contribution in [3.63, 3.8) is 0 Å². The van der Waals surface area contributed by atoms with Gasteiger partial charge in [0.25, 0.3) is 5.91 Å². The molecule has 0 aliphatic carbocycles. The van der Waals surface area contributed by atoms with Gasteiger partial charge in [0.15, 0.2) is 6.61 Å². The van der Waals surface area contributed by atoms with Crippen LogP contribution in [0.15, 0.2) is 34.8 Å². The van der Waals surface area contributed by atoms with Crippen LogP contribution < -0.4 is 4.74 Å². The Morgan fingerprint density at radius 3 is 2.54 bits per heavy atom. The van der Waals surface area contributed by atoms with Gasteiger partial charge in [0, 0.05) is 30.0 Å². The van der Waals surface area contributed by atoms with E-state index < -0.39 is 0 Å². The van der Waals surface area contributed by atoms with Crippen molar-refractivity contribution < 1.29 is 14.6 Å². The highest BCUT2D eigenvalue weighted by Gasteiger charge is 2.13. The van der Waals surface area contributed by atoms with Crippen molar-refractivity contribution in [2.24, 2.45) is 0 Å². The lowest BCUT2D eigenvalue weighted by atomic mass is 9.96. The van der Waals surface area contributed by atoms with Crippen LogP contribution in [-0.2, 0) is 11.2 Å². The lowest BCUT2D eigenvalue weighted by Gasteiger charge is -2.15. The molecule has 1 N–H and O–H groups in total. The van der Waals surface area contributed by atoms with Crippen molar-refractivity contribution in [1.29, 1.82) is 0 Å². The van der Waals surface area contributed by atoms with Gasteiger partial charge in [-0.3, -0.25) is 4.79 Å². The first-order chi connectivity index (χ1) is 12.2. The number of ether oxygens (including phenoxy) is 1. The van der Waals surface area contributed by atoms with Gasteiger partial charge in [-0.05, 0) is 40.8 Å². The SMILES string of the molecule is CC(C)c1cc(Cc2c(Cl)cc(OCC(=O)N(C)C)cc2Br)ccc1O. The van der Waals surface area contributed by atoms with Gasteiger partial charge in [0.05, 0.1) is 0 Å². The molecule has 0 aliphatic heterocycles. The van der Waals surface area contributed by atoms with Crippen molar-refractivity contribution in [2.75, 3.05) is 20.7 Å². The van der Waals surface area contributed by atoms with Crippen molar-refractivity contribution in [3.8, 4) is 11.5 Å². The van der Waals surface area contributed by atoms with Crippen LogP contribution in [0.5, 0.6) is 11.5 Å². The summed E-state index contributed by atoms with van der Waals surface area (Å²) in [7, 11) is 3.36. The Kier molecular flexibility index (Phi) is 6.95. The zero-order valence-corrected chi connectivity index (χ0v) is 17.7. The first kappa shape index (κ1) is 20.6. The van der Waals surface area contributed by atoms with E-state index in [4.69, 9.17) is 16.3 Å². The van der Waals surface area contributed by atoms with Crippen molar-refractivity contribution in [2.45, 2.75) is 26.2 Å². The molecule has 0 saturated heterocycles. The molecule has 0 bridgehead atoms. The lowest BCUT2D eigenvalue weighted by molar-refractivity contribution is -0.130. The van der Waals surface area contributed by atoms with Gasteiger partial charge in [-0.15, -0.1) is 0 Å². The summed E-state index contributed by atoms with van der Waals surface area (Å²) in [5.41, 5.74) is 2.90. The van der Waals surface area contributed by atoms with E-state index in [2.05, 4.69) is 15.9 Å². The van der Waals surface area contributed by atoms with Gasteiger partial charge in [-0.2, -0.15) is 0 Å². The maximum Gasteiger partial charge on any atom is 0.259 e. The number of nitrogens with zero attached hydrogens (tertiary/aromatic N) is 1. The normalized spacial score (nSPS) is 10.9. The fraction of sp³-hybridized carbons (Fsp3) is 0.350. The highest BCUT2D eigenvalue weighted by molar-refractivity contribution is 9.10. The predicted molar refractivity (Wildman–Crippen MR) is 108 cm³/mol. The first-order valence-corrected chi connectivity index (χ1v) is 9.48. The van der Waals surface area contributed by atoms with Crippen LogP contribution in [0.4, 0.5) is 0 Å². The number of halogens is 2. The van der Waals surface area contributed by atoms with Crippen molar-refractivity contribution in [3.05, 3.63) is 56.5 Å². The van der Waals surface area contributed by atoms with Crippen LogP contribution >= 0.6 is 27.5 Å². The number of benzene rings is 2. The monoisotopic (exact) mass is 439 g/mol. The molecule has 2 aromatic rings. The second-order valence-electron chi connectivity index (χ2n) is 6.67. The summed E-state index contributed by atoms with van der Waals surface area (Å²) in [6.45, 7) is 4.05. The van der Waals surface area contributed by atoms with Gasteiger partial charge in [0.1, 0.15) is 11.5 Å². The van der Waals surface area contributed by atoms with E-state index in [1.54, 1.807) is 26.2 Å². The summed E-state index contributed by atoms with van der Waals surface area (Å²) in [4.78, 5) is 13.1. The van der Waals surface area contributed by atoms with E-state index in [-0.39, 0.29) is 18.4 Å².